The third-order valence-corrected chi connectivity index (χ3v) is 4.90. The van der Waals surface area contributed by atoms with E-state index in [0.29, 0.717) is 26.4 Å². The summed E-state index contributed by atoms with van der Waals surface area (Å²) < 4.78 is 16.0. The fraction of sp³-hybridized carbons (Fsp3) is 0.250. The van der Waals surface area contributed by atoms with Crippen LogP contribution in [0.25, 0.3) is 21.8 Å². The lowest BCUT2D eigenvalue weighted by atomic mass is 10.2. The number of ether oxygens (including phenoxy) is 2. The van der Waals surface area contributed by atoms with E-state index in [0.717, 1.165) is 13.1 Å². The van der Waals surface area contributed by atoms with Crippen LogP contribution < -0.4 is 43.1 Å². The smallest absolute Gasteiger partial charge is 0.212 e. The Hall–Kier alpha value is -1.86. The summed E-state index contributed by atoms with van der Waals surface area (Å²) in [5.74, 6) is 0. The second kappa shape index (κ2) is 12.7. The maximum Gasteiger partial charge on any atom is 0.212 e. The molecule has 30 heavy (non-hydrogen) atoms. The molecule has 4 nitrogen and oxygen atoms in total. The minimum atomic E-state index is 0. The van der Waals surface area contributed by atoms with Gasteiger partial charge < -0.3 is 43.4 Å². The molecule has 0 spiro atoms. The lowest BCUT2D eigenvalue weighted by Gasteiger charge is -2.05. The van der Waals surface area contributed by atoms with E-state index in [-0.39, 0.29) is 34.0 Å². The van der Waals surface area contributed by atoms with Gasteiger partial charge in [0.2, 0.25) is 11.0 Å². The normalized spacial score (nSPS) is 10.5. The molecule has 158 valence electrons. The molecule has 0 aliphatic rings. The molecule has 4 rings (SSSR count). The molecule has 2 aromatic heterocycles. The van der Waals surface area contributed by atoms with Crippen molar-refractivity contribution in [2.24, 2.45) is 0 Å². The average molecular weight is 534 g/mol. The summed E-state index contributed by atoms with van der Waals surface area (Å²) in [7, 11) is 0. The maximum absolute atomic E-state index is 5.76. The number of hydrogen-bond acceptors (Lipinski definition) is 2. The lowest BCUT2D eigenvalue weighted by molar-refractivity contribution is -0.673. The van der Waals surface area contributed by atoms with Gasteiger partial charge in [0.1, 0.15) is 13.2 Å². The van der Waals surface area contributed by atoms with E-state index in [1.165, 1.54) is 21.8 Å². The first kappa shape index (κ1) is 24.4. The van der Waals surface area contributed by atoms with Crippen LogP contribution in [-0.4, -0.2) is 26.4 Å². The summed E-state index contributed by atoms with van der Waals surface area (Å²) in [6.45, 7) is 4.28. The highest BCUT2D eigenvalue weighted by atomic mass is 79.9. The zero-order valence-corrected chi connectivity index (χ0v) is 20.0. The van der Waals surface area contributed by atoms with E-state index < -0.39 is 0 Å². The van der Waals surface area contributed by atoms with Crippen molar-refractivity contribution in [2.75, 3.05) is 26.4 Å². The largest absolute Gasteiger partial charge is 1.00 e. The van der Waals surface area contributed by atoms with Crippen molar-refractivity contribution < 1.29 is 52.6 Å². The molecule has 0 radical (unpaired) electrons. The van der Waals surface area contributed by atoms with Gasteiger partial charge in [-0.2, -0.15) is 9.13 Å². The SMILES string of the molecule is [Br-].[Br-].c1ccc2c(c1)ccc[n+]2CCOCCOCC[n+]1cccc2ccccc21. The van der Waals surface area contributed by atoms with Crippen LogP contribution in [-0.2, 0) is 22.6 Å². The Labute approximate surface area is 198 Å². The fourth-order valence-electron chi connectivity index (χ4n) is 3.48. The van der Waals surface area contributed by atoms with Gasteiger partial charge in [-0.1, -0.05) is 24.3 Å². The van der Waals surface area contributed by atoms with E-state index >= 15 is 0 Å². The third-order valence-electron chi connectivity index (χ3n) is 4.90. The molecule has 2 aromatic carbocycles. The predicted octanol–water partition coefficient (Wildman–Crippen LogP) is -2.69. The number of nitrogens with zero attached hydrogens (tertiary/aromatic N) is 2. The van der Waals surface area contributed by atoms with Crippen molar-refractivity contribution in [3.63, 3.8) is 0 Å². The van der Waals surface area contributed by atoms with Crippen molar-refractivity contribution in [1.29, 1.82) is 0 Å². The third kappa shape index (κ3) is 6.32. The molecule has 2 heterocycles. The molecule has 0 saturated carbocycles. The maximum atomic E-state index is 5.76. The molecule has 0 aliphatic carbocycles. The van der Waals surface area contributed by atoms with Crippen LogP contribution in [0.4, 0.5) is 0 Å². The standard InChI is InChI=1S/C24H26N2O2.2BrH/c1-3-11-23-21(7-1)9-5-13-25(23)15-17-27-19-20-28-18-16-26-14-6-10-22-8-2-4-12-24(22)26;;/h1-14H,15-20H2;2*1H/q+2;;/p-2. The Kier molecular flexibility index (Phi) is 10.4. The Morgan fingerprint density at radius 2 is 0.900 bits per heavy atom. The molecule has 0 saturated heterocycles. The zero-order chi connectivity index (χ0) is 19.0. The molecule has 0 N–H and O–H groups in total. The number of rotatable bonds is 9. The van der Waals surface area contributed by atoms with Gasteiger partial charge >= 0.3 is 0 Å². The summed E-state index contributed by atoms with van der Waals surface area (Å²) >= 11 is 0. The molecule has 0 atom stereocenters. The van der Waals surface area contributed by atoms with Crippen LogP contribution in [0.1, 0.15) is 0 Å². The van der Waals surface area contributed by atoms with Crippen molar-refractivity contribution in [1.82, 2.24) is 0 Å². The minimum Gasteiger partial charge on any atom is -1.00 e. The number of pyridine rings is 2. The number of halogens is 2. The highest BCUT2D eigenvalue weighted by Crippen LogP contribution is 2.08. The Bertz CT molecular complexity index is 963. The number of fused-ring (bicyclic) bond motifs is 2. The molecule has 0 unspecified atom stereocenters. The second-order valence-electron chi connectivity index (χ2n) is 6.75. The molecule has 0 bridgehead atoms. The average Bonchev–Trinajstić information content (AvgIpc) is 2.76. The van der Waals surface area contributed by atoms with Gasteiger partial charge in [-0.3, -0.25) is 0 Å². The van der Waals surface area contributed by atoms with Crippen LogP contribution in [0.15, 0.2) is 85.2 Å². The number of para-hydroxylation sites is 2. The zero-order valence-electron chi connectivity index (χ0n) is 16.8. The van der Waals surface area contributed by atoms with Gasteiger partial charge in [0.25, 0.3) is 0 Å². The quantitative estimate of drug-likeness (QED) is 0.173. The van der Waals surface area contributed by atoms with Crippen molar-refractivity contribution in [3.8, 4) is 0 Å². The second-order valence-corrected chi connectivity index (χ2v) is 6.75. The van der Waals surface area contributed by atoms with Gasteiger partial charge in [-0.15, -0.1) is 0 Å². The van der Waals surface area contributed by atoms with Crippen LogP contribution >= 0.6 is 0 Å². The lowest BCUT2D eigenvalue weighted by Crippen LogP contribution is -3.00. The molecular formula is C24H26Br2N2O2. The Morgan fingerprint density at radius 3 is 1.37 bits per heavy atom. The minimum absolute atomic E-state index is 0. The van der Waals surface area contributed by atoms with Crippen molar-refractivity contribution in [3.05, 3.63) is 85.2 Å². The van der Waals surface area contributed by atoms with Crippen LogP contribution in [0.5, 0.6) is 0 Å². The first-order valence-electron chi connectivity index (χ1n) is 9.82. The van der Waals surface area contributed by atoms with E-state index in [2.05, 4.69) is 94.3 Å². The first-order valence-corrected chi connectivity index (χ1v) is 9.82. The van der Waals surface area contributed by atoms with Crippen LogP contribution in [0, 0.1) is 0 Å². The molecule has 4 aromatic rings. The number of hydrogen-bond donors (Lipinski definition) is 0. The summed E-state index contributed by atoms with van der Waals surface area (Å²) in [5, 5.41) is 2.50. The van der Waals surface area contributed by atoms with Gasteiger partial charge in [0.05, 0.1) is 13.2 Å². The molecule has 0 aliphatic heterocycles. The van der Waals surface area contributed by atoms with Gasteiger partial charge in [0, 0.05) is 35.0 Å². The van der Waals surface area contributed by atoms with Crippen molar-refractivity contribution in [2.45, 2.75) is 13.1 Å². The predicted molar refractivity (Wildman–Crippen MR) is 110 cm³/mol. The number of aromatic nitrogens is 2. The highest BCUT2D eigenvalue weighted by molar-refractivity contribution is 5.75. The van der Waals surface area contributed by atoms with Crippen LogP contribution in [0.3, 0.4) is 0 Å². The topological polar surface area (TPSA) is 26.2 Å². The molecular weight excluding hydrogens is 508 g/mol. The first-order chi connectivity index (χ1) is 13.9. The van der Waals surface area contributed by atoms with E-state index in [9.17, 15) is 0 Å². The molecule has 6 heteroatoms. The van der Waals surface area contributed by atoms with E-state index in [1.54, 1.807) is 0 Å². The number of benzene rings is 2. The van der Waals surface area contributed by atoms with Crippen LogP contribution in [0.2, 0.25) is 0 Å². The van der Waals surface area contributed by atoms with Gasteiger partial charge in [0.15, 0.2) is 25.5 Å². The fourth-order valence-corrected chi connectivity index (χ4v) is 3.48. The highest BCUT2D eigenvalue weighted by Gasteiger charge is 2.08. The Balaban J connectivity index is 0.00000160. The molecule has 0 fully saturated rings. The van der Waals surface area contributed by atoms with E-state index in [1.807, 2.05) is 0 Å². The summed E-state index contributed by atoms with van der Waals surface area (Å²) in [6, 6.07) is 25.3. The summed E-state index contributed by atoms with van der Waals surface area (Å²) in [5.41, 5.74) is 2.47. The molecule has 0 amide bonds. The monoisotopic (exact) mass is 532 g/mol. The van der Waals surface area contributed by atoms with Gasteiger partial charge in [-0.05, 0) is 24.3 Å². The Morgan fingerprint density at radius 1 is 0.500 bits per heavy atom. The van der Waals surface area contributed by atoms with Gasteiger partial charge in [-0.25, -0.2) is 0 Å². The van der Waals surface area contributed by atoms with Crippen molar-refractivity contribution >= 4 is 21.8 Å². The summed E-state index contributed by atoms with van der Waals surface area (Å²) in [4.78, 5) is 0. The van der Waals surface area contributed by atoms with E-state index in [4.69, 9.17) is 9.47 Å². The summed E-state index contributed by atoms with van der Waals surface area (Å²) in [6.07, 6.45) is 4.20.